The molecule has 1 aromatic carbocycles. The average Bonchev–Trinajstić information content (AvgIpc) is 2.94. The Hall–Kier alpha value is -0.810. The number of rotatable bonds is 7. The van der Waals surface area contributed by atoms with Crippen molar-refractivity contribution in [3.8, 4) is 5.75 Å². The van der Waals surface area contributed by atoms with E-state index in [1.165, 1.54) is 0 Å². The van der Waals surface area contributed by atoms with Crippen molar-refractivity contribution in [3.63, 3.8) is 0 Å². The lowest BCUT2D eigenvalue weighted by atomic mass is 9.99. The highest BCUT2D eigenvalue weighted by Gasteiger charge is 2.32. The van der Waals surface area contributed by atoms with Gasteiger partial charge in [-0.05, 0) is 25.0 Å². The summed E-state index contributed by atoms with van der Waals surface area (Å²) in [5.74, 6) is 0.575. The zero-order chi connectivity index (χ0) is 14.4. The molecule has 20 heavy (non-hydrogen) atoms. The van der Waals surface area contributed by atoms with Crippen LogP contribution in [0.2, 0.25) is 5.02 Å². The van der Waals surface area contributed by atoms with Crippen molar-refractivity contribution >= 4 is 11.6 Å². The Labute approximate surface area is 124 Å². The molecule has 0 spiro atoms. The third-order valence-corrected chi connectivity index (χ3v) is 4.16. The minimum Gasteiger partial charge on any atom is -0.489 e. The van der Waals surface area contributed by atoms with Crippen LogP contribution in [0.1, 0.15) is 25.7 Å². The van der Waals surface area contributed by atoms with Crippen LogP contribution in [0.3, 0.4) is 0 Å². The molecule has 1 unspecified atom stereocenters. The molecule has 4 nitrogen and oxygen atoms in total. The molecule has 0 saturated heterocycles. The number of β-amino-alcohol motifs (C(OH)–C–C–N with tert-alkyl or cyclic N) is 1. The number of aliphatic hydroxyl groups is 2. The maximum Gasteiger partial charge on any atom is 0.138 e. The Morgan fingerprint density at radius 2 is 2.00 bits per heavy atom. The van der Waals surface area contributed by atoms with Gasteiger partial charge in [0, 0.05) is 12.1 Å². The topological polar surface area (TPSA) is 61.7 Å². The lowest BCUT2D eigenvalue weighted by molar-refractivity contribution is 0.0850. The molecule has 1 saturated carbocycles. The lowest BCUT2D eigenvalue weighted by Crippen LogP contribution is -2.49. The molecule has 0 radical (unpaired) electrons. The van der Waals surface area contributed by atoms with Crippen molar-refractivity contribution in [1.82, 2.24) is 5.32 Å². The maximum absolute atomic E-state index is 9.96. The molecule has 2 rings (SSSR count). The molecule has 0 aromatic heterocycles. The van der Waals surface area contributed by atoms with Crippen LogP contribution in [0.15, 0.2) is 24.3 Å². The number of benzene rings is 1. The normalized spacial score (nSPS) is 18.9. The van der Waals surface area contributed by atoms with Crippen LogP contribution in [0.4, 0.5) is 0 Å². The van der Waals surface area contributed by atoms with E-state index in [-0.39, 0.29) is 18.8 Å². The summed E-state index contributed by atoms with van der Waals surface area (Å²) in [5, 5.41) is 23.3. The van der Waals surface area contributed by atoms with E-state index in [0.717, 1.165) is 25.7 Å². The van der Waals surface area contributed by atoms with Crippen molar-refractivity contribution in [2.75, 3.05) is 19.8 Å². The van der Waals surface area contributed by atoms with Gasteiger partial charge < -0.3 is 20.3 Å². The first-order valence-corrected chi connectivity index (χ1v) is 7.44. The number of nitrogens with one attached hydrogen (secondary N) is 1. The van der Waals surface area contributed by atoms with Gasteiger partial charge in [0.1, 0.15) is 18.5 Å². The van der Waals surface area contributed by atoms with Crippen LogP contribution in [0, 0.1) is 0 Å². The molecular formula is C15H22ClNO3. The van der Waals surface area contributed by atoms with E-state index in [1.54, 1.807) is 12.1 Å². The van der Waals surface area contributed by atoms with E-state index in [4.69, 9.17) is 16.3 Å². The lowest BCUT2D eigenvalue weighted by Gasteiger charge is -2.29. The minimum absolute atomic E-state index is 0.116. The first-order chi connectivity index (χ1) is 9.65. The Morgan fingerprint density at radius 3 is 2.65 bits per heavy atom. The van der Waals surface area contributed by atoms with Gasteiger partial charge in [0.05, 0.1) is 11.6 Å². The zero-order valence-electron chi connectivity index (χ0n) is 11.5. The third kappa shape index (κ3) is 4.09. The second kappa shape index (κ2) is 7.27. The van der Waals surface area contributed by atoms with Gasteiger partial charge in [-0.3, -0.25) is 0 Å². The quantitative estimate of drug-likeness (QED) is 0.720. The molecule has 1 aliphatic carbocycles. The smallest absolute Gasteiger partial charge is 0.138 e. The summed E-state index contributed by atoms with van der Waals surface area (Å²) in [6, 6.07) is 7.19. The molecule has 0 heterocycles. The van der Waals surface area contributed by atoms with Gasteiger partial charge >= 0.3 is 0 Å². The summed E-state index contributed by atoms with van der Waals surface area (Å²) in [5.41, 5.74) is -0.217. The largest absolute Gasteiger partial charge is 0.489 e. The highest BCUT2D eigenvalue weighted by molar-refractivity contribution is 6.32. The predicted octanol–water partition coefficient (Wildman–Crippen LogP) is 1.97. The predicted molar refractivity (Wildman–Crippen MR) is 79.2 cm³/mol. The van der Waals surface area contributed by atoms with E-state index < -0.39 is 6.10 Å². The number of hydrogen-bond acceptors (Lipinski definition) is 4. The van der Waals surface area contributed by atoms with Crippen molar-refractivity contribution < 1.29 is 14.9 Å². The first-order valence-electron chi connectivity index (χ1n) is 7.06. The summed E-state index contributed by atoms with van der Waals surface area (Å²) in [7, 11) is 0. The molecule has 3 N–H and O–H groups in total. The summed E-state index contributed by atoms with van der Waals surface area (Å²) >= 11 is 5.98. The third-order valence-electron chi connectivity index (χ3n) is 3.84. The molecular weight excluding hydrogens is 278 g/mol. The van der Waals surface area contributed by atoms with Crippen molar-refractivity contribution in [1.29, 1.82) is 0 Å². The second-order valence-corrected chi connectivity index (χ2v) is 5.83. The molecule has 1 fully saturated rings. The number of ether oxygens (including phenoxy) is 1. The monoisotopic (exact) mass is 299 g/mol. The fourth-order valence-electron chi connectivity index (χ4n) is 2.58. The Balaban J connectivity index is 1.75. The van der Waals surface area contributed by atoms with Gasteiger partial charge in [-0.25, -0.2) is 0 Å². The summed E-state index contributed by atoms with van der Waals surface area (Å²) in [6.45, 7) is 0.703. The van der Waals surface area contributed by atoms with Crippen molar-refractivity contribution in [3.05, 3.63) is 29.3 Å². The van der Waals surface area contributed by atoms with E-state index in [1.807, 2.05) is 12.1 Å². The number of halogens is 1. The summed E-state index contributed by atoms with van der Waals surface area (Å²) in [4.78, 5) is 0. The molecule has 1 aromatic rings. The molecule has 1 aliphatic rings. The number of hydrogen-bond donors (Lipinski definition) is 3. The minimum atomic E-state index is -0.629. The van der Waals surface area contributed by atoms with E-state index >= 15 is 0 Å². The van der Waals surface area contributed by atoms with Gasteiger partial charge in [-0.1, -0.05) is 36.6 Å². The van der Waals surface area contributed by atoms with Crippen LogP contribution in [-0.2, 0) is 0 Å². The van der Waals surface area contributed by atoms with E-state index in [2.05, 4.69) is 5.32 Å². The fraction of sp³-hybridized carbons (Fsp3) is 0.600. The van der Waals surface area contributed by atoms with Crippen LogP contribution in [0.5, 0.6) is 5.75 Å². The molecule has 0 amide bonds. The first kappa shape index (κ1) is 15.6. The van der Waals surface area contributed by atoms with Gasteiger partial charge in [-0.2, -0.15) is 0 Å². The van der Waals surface area contributed by atoms with Crippen LogP contribution in [-0.4, -0.2) is 41.6 Å². The van der Waals surface area contributed by atoms with Crippen LogP contribution in [0.25, 0.3) is 0 Å². The van der Waals surface area contributed by atoms with Gasteiger partial charge in [0.2, 0.25) is 0 Å². The maximum atomic E-state index is 9.96. The summed E-state index contributed by atoms with van der Waals surface area (Å²) in [6.07, 6.45) is 3.54. The standard InChI is InChI=1S/C15H22ClNO3/c16-13-5-1-2-6-14(13)20-10-12(19)9-17-15(11-18)7-3-4-8-15/h1-2,5-6,12,17-19H,3-4,7-11H2. The van der Waals surface area contributed by atoms with Crippen molar-refractivity contribution in [2.24, 2.45) is 0 Å². The highest BCUT2D eigenvalue weighted by Crippen LogP contribution is 2.29. The SMILES string of the molecule is OCC1(NCC(O)COc2ccccc2Cl)CCCC1. The fourth-order valence-corrected chi connectivity index (χ4v) is 2.77. The van der Waals surface area contributed by atoms with Gasteiger partial charge in [0.15, 0.2) is 0 Å². The van der Waals surface area contributed by atoms with E-state index in [0.29, 0.717) is 17.3 Å². The van der Waals surface area contributed by atoms with Gasteiger partial charge in [-0.15, -0.1) is 0 Å². The average molecular weight is 300 g/mol. The Morgan fingerprint density at radius 1 is 1.30 bits per heavy atom. The van der Waals surface area contributed by atoms with E-state index in [9.17, 15) is 10.2 Å². The molecule has 112 valence electrons. The molecule has 0 aliphatic heterocycles. The molecule has 5 heteroatoms. The molecule has 1 atom stereocenters. The number of para-hydroxylation sites is 1. The highest BCUT2D eigenvalue weighted by atomic mass is 35.5. The zero-order valence-corrected chi connectivity index (χ0v) is 12.3. The van der Waals surface area contributed by atoms with Crippen molar-refractivity contribution in [2.45, 2.75) is 37.3 Å². The number of aliphatic hydroxyl groups excluding tert-OH is 2. The summed E-state index contributed by atoms with van der Waals surface area (Å²) < 4.78 is 5.50. The molecule has 0 bridgehead atoms. The Kier molecular flexibility index (Phi) is 5.66. The van der Waals surface area contributed by atoms with Crippen LogP contribution < -0.4 is 10.1 Å². The van der Waals surface area contributed by atoms with Gasteiger partial charge in [0.25, 0.3) is 0 Å². The Bertz CT molecular complexity index is 421. The second-order valence-electron chi connectivity index (χ2n) is 5.42. The van der Waals surface area contributed by atoms with Crippen LogP contribution >= 0.6 is 11.6 Å².